The molecule has 1 atom stereocenters. The zero-order chi connectivity index (χ0) is 18.0. The summed E-state index contributed by atoms with van der Waals surface area (Å²) in [6, 6.07) is 4.13. The Morgan fingerprint density at radius 3 is 1.26 bits per heavy atom. The van der Waals surface area contributed by atoms with Gasteiger partial charge in [0.25, 0.3) is 0 Å². The van der Waals surface area contributed by atoms with Crippen molar-refractivity contribution >= 4 is 13.8 Å². The molecule has 1 aliphatic rings. The first-order chi connectivity index (χ1) is 10.6. The Hall–Kier alpha value is -0.772. The molecule has 1 fully saturated rings. The molecule has 124 valence electrons. The molecule has 0 amide bonds. The van der Waals surface area contributed by atoms with Crippen molar-refractivity contribution < 1.29 is 39.6 Å². The van der Waals surface area contributed by atoms with Gasteiger partial charge >= 0.3 is 42.4 Å². The van der Waals surface area contributed by atoms with E-state index in [1.165, 1.54) is 37.7 Å². The van der Waals surface area contributed by atoms with Crippen LogP contribution in [0.2, 0.25) is 0 Å². The van der Waals surface area contributed by atoms with Gasteiger partial charge in [0.05, 0.1) is 0 Å². The zero-order valence-electron chi connectivity index (χ0n) is 13.7. The van der Waals surface area contributed by atoms with Crippen LogP contribution in [0.3, 0.4) is 0 Å². The van der Waals surface area contributed by atoms with Gasteiger partial charge in [-0.05, 0) is 20.8 Å². The Morgan fingerprint density at radius 1 is 0.783 bits per heavy atom. The quantitative estimate of drug-likeness (QED) is 0.322. The SMILES string of the molecule is C1CCCC1.Cc1cc(C)c([PH+]=O)c(C)c1.[C-]#[O+].[C-]#[O+].[C-]#[O+].[W]. The van der Waals surface area contributed by atoms with Crippen molar-refractivity contribution in [1.29, 1.82) is 0 Å². The Bertz CT molecular complexity index is 432. The molecule has 2 rings (SSSR count). The van der Waals surface area contributed by atoms with E-state index >= 15 is 0 Å². The first-order valence-corrected chi connectivity index (χ1v) is 7.63. The minimum absolute atomic E-state index is 0. The summed E-state index contributed by atoms with van der Waals surface area (Å²) in [6.07, 6.45) is 7.50. The van der Waals surface area contributed by atoms with Crippen LogP contribution in [0.1, 0.15) is 48.8 Å². The second kappa shape index (κ2) is 23.5. The van der Waals surface area contributed by atoms with E-state index in [2.05, 4.69) is 39.0 Å². The van der Waals surface area contributed by atoms with Crippen LogP contribution < -0.4 is 5.30 Å². The maximum absolute atomic E-state index is 10.7. The maximum Gasteiger partial charge on any atom is 0 e. The zero-order valence-corrected chi connectivity index (χ0v) is 17.7. The fourth-order valence-corrected chi connectivity index (χ4v) is 2.69. The van der Waals surface area contributed by atoms with Gasteiger partial charge in [0.15, 0.2) is 5.30 Å². The van der Waals surface area contributed by atoms with Crippen molar-refractivity contribution in [2.75, 3.05) is 0 Å². The molecule has 23 heavy (non-hydrogen) atoms. The second-order valence-electron chi connectivity index (χ2n) is 4.64. The van der Waals surface area contributed by atoms with Crippen LogP contribution in [-0.2, 0) is 39.6 Å². The molecule has 1 aliphatic carbocycles. The summed E-state index contributed by atoms with van der Waals surface area (Å²) >= 11 is 0. The van der Waals surface area contributed by atoms with E-state index in [9.17, 15) is 4.57 Å². The van der Waals surface area contributed by atoms with Crippen LogP contribution in [0.25, 0.3) is 0 Å². The molecule has 1 aromatic rings. The molecule has 0 aliphatic heterocycles. The van der Waals surface area contributed by atoms with E-state index in [1.54, 1.807) is 0 Å². The first kappa shape index (κ1) is 30.1. The molecule has 1 saturated carbocycles. The Kier molecular flexibility index (Phi) is 30.8. The minimum Gasteiger partial charge on any atom is 0 e. The molecule has 0 saturated heterocycles. The molecule has 0 radical (unpaired) electrons. The Morgan fingerprint density at radius 2 is 1.04 bits per heavy atom. The van der Waals surface area contributed by atoms with Crippen LogP contribution in [0.4, 0.5) is 0 Å². The predicted molar refractivity (Wildman–Crippen MR) is 84.2 cm³/mol. The topological polar surface area (TPSA) is 76.8 Å². The number of rotatable bonds is 1. The molecule has 1 aromatic carbocycles. The van der Waals surface area contributed by atoms with Gasteiger partial charge in [0.2, 0.25) is 0 Å². The number of hydrogen-bond acceptors (Lipinski definition) is 1. The fourth-order valence-electron chi connectivity index (χ4n) is 2.22. The van der Waals surface area contributed by atoms with E-state index < -0.39 is 0 Å². The van der Waals surface area contributed by atoms with Gasteiger partial charge in [-0.3, -0.25) is 0 Å². The Labute approximate surface area is 155 Å². The number of hydrogen-bond donors (Lipinski definition) is 0. The minimum atomic E-state index is -0.326. The van der Waals surface area contributed by atoms with Gasteiger partial charge in [-0.2, -0.15) is 0 Å². The standard InChI is InChI=1S/C9H11OP.C5H10.3CO.W/c1-6-4-7(2)9(11-10)8(3)5-6;1-2-4-5-3-1;3*1-2;/h4-5H,1-3H3;1-5H2;;;;/p+1. The van der Waals surface area contributed by atoms with Gasteiger partial charge in [-0.15, -0.1) is 0 Å². The maximum atomic E-state index is 10.7. The first-order valence-electron chi connectivity index (χ1n) is 6.72. The van der Waals surface area contributed by atoms with Gasteiger partial charge in [-0.1, -0.05) is 54.4 Å². The molecule has 0 N–H and O–H groups in total. The summed E-state index contributed by atoms with van der Waals surface area (Å²) in [5.41, 5.74) is 3.51. The molecule has 6 heteroatoms. The van der Waals surface area contributed by atoms with E-state index in [4.69, 9.17) is 14.0 Å². The molecule has 0 heterocycles. The molecule has 1 unspecified atom stereocenters. The molecule has 0 aromatic heterocycles. The summed E-state index contributed by atoms with van der Waals surface area (Å²) in [4.78, 5) is 0. The molecular weight excluding hydrogens is 483 g/mol. The summed E-state index contributed by atoms with van der Waals surface area (Å²) in [7, 11) is -0.326. The second-order valence-corrected chi connectivity index (χ2v) is 5.35. The summed E-state index contributed by atoms with van der Waals surface area (Å²) in [5.74, 6) is 0. The van der Waals surface area contributed by atoms with Crippen molar-refractivity contribution in [3.63, 3.8) is 0 Å². The van der Waals surface area contributed by atoms with Crippen LogP contribution in [-0.4, -0.2) is 0 Å². The van der Waals surface area contributed by atoms with Crippen LogP contribution in [0.5, 0.6) is 0 Å². The largest absolute Gasteiger partial charge is 0 e. The average Bonchev–Trinajstić information content (AvgIpc) is 3.12. The van der Waals surface area contributed by atoms with Crippen LogP contribution in [0.15, 0.2) is 12.1 Å². The van der Waals surface area contributed by atoms with E-state index in [1.807, 2.05) is 13.8 Å². The van der Waals surface area contributed by atoms with Crippen molar-refractivity contribution in [2.24, 2.45) is 0 Å². The monoisotopic (exact) mass is 505 g/mol. The molecule has 0 spiro atoms. The van der Waals surface area contributed by atoms with E-state index in [-0.39, 0.29) is 29.5 Å². The number of benzene rings is 1. The molecule has 4 nitrogen and oxygen atoms in total. The third-order valence-corrected chi connectivity index (χ3v) is 4.02. The summed E-state index contributed by atoms with van der Waals surface area (Å²) in [5, 5.41) is 0.982. The van der Waals surface area contributed by atoms with Crippen LogP contribution in [0, 0.1) is 40.7 Å². The van der Waals surface area contributed by atoms with Gasteiger partial charge in [-0.25, -0.2) is 0 Å². The normalized spacial score (nSPS) is 10.5. The fraction of sp³-hybridized carbons (Fsp3) is 0.471. The average molecular weight is 505 g/mol. The summed E-state index contributed by atoms with van der Waals surface area (Å²) in [6.45, 7) is 19.6. The van der Waals surface area contributed by atoms with Crippen LogP contribution >= 0.6 is 8.46 Å². The van der Waals surface area contributed by atoms with Gasteiger partial charge in [0, 0.05) is 32.2 Å². The molecule has 0 bridgehead atoms. The van der Waals surface area contributed by atoms with Gasteiger partial charge in [0.1, 0.15) is 0 Å². The Balaban J connectivity index is -0.000000127. The van der Waals surface area contributed by atoms with Crippen molar-refractivity contribution in [1.82, 2.24) is 0 Å². The van der Waals surface area contributed by atoms with E-state index in [0.717, 1.165) is 16.4 Å². The predicted octanol–water partition coefficient (Wildman–Crippen LogP) is 4.10. The molecular formula is C17H22O4PW+. The van der Waals surface area contributed by atoms with Gasteiger partial charge < -0.3 is 0 Å². The van der Waals surface area contributed by atoms with Crippen molar-refractivity contribution in [3.8, 4) is 0 Å². The summed E-state index contributed by atoms with van der Waals surface area (Å²) < 4.78 is 33.2. The third kappa shape index (κ3) is 15.9. The third-order valence-electron chi connectivity index (χ3n) is 3.03. The van der Waals surface area contributed by atoms with Crippen molar-refractivity contribution in [3.05, 3.63) is 48.8 Å². The van der Waals surface area contributed by atoms with E-state index in [0.29, 0.717) is 0 Å². The van der Waals surface area contributed by atoms with Crippen molar-refractivity contribution in [2.45, 2.75) is 52.9 Å². The number of aryl methyl sites for hydroxylation is 3. The smallest absolute Gasteiger partial charge is 0 e.